The van der Waals surface area contributed by atoms with Crippen LogP contribution in [0.3, 0.4) is 0 Å². The molecule has 0 saturated carbocycles. The highest BCUT2D eigenvalue weighted by atomic mass is 15.1. The van der Waals surface area contributed by atoms with E-state index in [4.69, 9.17) is 0 Å². The molecule has 0 radical (unpaired) electrons. The van der Waals surface area contributed by atoms with E-state index in [9.17, 15) is 0 Å². The van der Waals surface area contributed by atoms with Gasteiger partial charge in [0.25, 0.3) is 0 Å². The number of anilines is 6. The van der Waals surface area contributed by atoms with E-state index >= 15 is 0 Å². The molecule has 0 aliphatic carbocycles. The molecule has 2 aromatic heterocycles. The van der Waals surface area contributed by atoms with Crippen molar-refractivity contribution in [3.8, 4) is 22.5 Å². The molecule has 10 aromatic carbocycles. The molecule has 0 N–H and O–H groups in total. The van der Waals surface area contributed by atoms with Gasteiger partial charge in [0.15, 0.2) is 0 Å². The van der Waals surface area contributed by atoms with E-state index in [1.54, 1.807) is 0 Å². The number of benzene rings is 10. The van der Waals surface area contributed by atoms with E-state index in [0.717, 1.165) is 82.3 Å². The van der Waals surface area contributed by atoms with E-state index in [-0.39, 0.29) is 0 Å². The summed E-state index contributed by atoms with van der Waals surface area (Å²) in [6, 6.07) is 85.2. The number of fused-ring (bicyclic) bond motifs is 6. The summed E-state index contributed by atoms with van der Waals surface area (Å²) in [4.78, 5) is 4.69. The summed E-state index contributed by atoms with van der Waals surface area (Å²) in [5, 5.41) is 5.26. The number of para-hydroxylation sites is 2. The number of aryl methyl sites for hydroxylation is 4. The Morgan fingerprint density at radius 3 is 0.778 bits per heavy atom. The molecule has 72 heavy (non-hydrogen) atoms. The fourth-order valence-electron chi connectivity index (χ4n) is 10.8. The topological polar surface area (TPSA) is 16.3 Å². The van der Waals surface area contributed by atoms with Crippen molar-refractivity contribution in [1.82, 2.24) is 9.13 Å². The third-order valence-electron chi connectivity index (χ3n) is 14.8. The number of nitrogens with zero attached hydrogens (tertiary/aromatic N) is 4. The molecular weight excluding hydrogens is 873 g/mol. The second kappa shape index (κ2) is 19.0. The zero-order valence-electron chi connectivity index (χ0n) is 41.6. The molecule has 4 heteroatoms. The van der Waals surface area contributed by atoms with E-state index in [0.29, 0.717) is 0 Å². The summed E-state index contributed by atoms with van der Waals surface area (Å²) in [6.45, 7) is 8.93. The van der Waals surface area contributed by atoms with Gasteiger partial charge in [-0.1, -0.05) is 113 Å². The molecule has 12 rings (SSSR count). The highest BCUT2D eigenvalue weighted by Crippen LogP contribution is 2.41. The monoisotopic (exact) mass is 930 g/mol. The second-order valence-corrected chi connectivity index (χ2v) is 19.0. The van der Waals surface area contributed by atoms with Crippen molar-refractivity contribution in [2.24, 2.45) is 0 Å². The van der Waals surface area contributed by atoms with Gasteiger partial charge in [-0.2, -0.15) is 0 Å². The lowest BCUT2D eigenvalue weighted by Crippen LogP contribution is -2.10. The van der Waals surface area contributed by atoms with Crippen LogP contribution in [0.25, 0.3) is 66.1 Å². The van der Waals surface area contributed by atoms with Gasteiger partial charge in [-0.15, -0.1) is 0 Å². The van der Waals surface area contributed by atoms with Crippen molar-refractivity contribution in [3.05, 3.63) is 253 Å². The van der Waals surface area contributed by atoms with Gasteiger partial charge in [0, 0.05) is 67.0 Å². The van der Waals surface area contributed by atoms with Crippen LogP contribution in [0, 0.1) is 0 Å². The predicted molar refractivity (Wildman–Crippen MR) is 307 cm³/mol. The maximum atomic E-state index is 2.42. The maximum absolute atomic E-state index is 2.42. The van der Waals surface area contributed by atoms with E-state index < -0.39 is 0 Å². The Balaban J connectivity index is 0.847. The second-order valence-electron chi connectivity index (χ2n) is 19.0. The number of hydrogen-bond donors (Lipinski definition) is 0. The van der Waals surface area contributed by atoms with Crippen molar-refractivity contribution in [3.63, 3.8) is 0 Å². The van der Waals surface area contributed by atoms with Crippen LogP contribution in [0.2, 0.25) is 0 Å². The third-order valence-corrected chi connectivity index (χ3v) is 14.8. The number of rotatable bonds is 13. The zero-order valence-corrected chi connectivity index (χ0v) is 41.6. The molecule has 0 aliphatic rings. The number of hydrogen-bond acceptors (Lipinski definition) is 2. The Morgan fingerprint density at radius 1 is 0.264 bits per heavy atom. The summed E-state index contributed by atoms with van der Waals surface area (Å²) in [5.41, 5.74) is 21.6. The average Bonchev–Trinajstić information content (AvgIpc) is 3.95. The molecule has 0 amide bonds. The van der Waals surface area contributed by atoms with Gasteiger partial charge in [0.05, 0.1) is 22.1 Å². The van der Waals surface area contributed by atoms with Crippen LogP contribution in [0.5, 0.6) is 0 Å². The first kappa shape index (κ1) is 44.6. The van der Waals surface area contributed by atoms with E-state index in [2.05, 4.69) is 277 Å². The normalized spacial score (nSPS) is 11.6. The van der Waals surface area contributed by atoms with Gasteiger partial charge < -0.3 is 18.9 Å². The molecule has 0 unspecified atom stereocenters. The van der Waals surface area contributed by atoms with Crippen LogP contribution in [0.1, 0.15) is 49.9 Å². The summed E-state index contributed by atoms with van der Waals surface area (Å²) >= 11 is 0. The summed E-state index contributed by atoms with van der Waals surface area (Å²) < 4.78 is 4.84. The largest absolute Gasteiger partial charge is 0.311 e. The minimum Gasteiger partial charge on any atom is -0.311 e. The van der Waals surface area contributed by atoms with E-state index in [1.807, 2.05) is 0 Å². The lowest BCUT2D eigenvalue weighted by atomic mass is 10.0. The molecule has 0 spiro atoms. The lowest BCUT2D eigenvalue weighted by molar-refractivity contribution is 1.13. The van der Waals surface area contributed by atoms with Crippen LogP contribution in [0.15, 0.2) is 231 Å². The predicted octanol–water partition coefficient (Wildman–Crippen LogP) is 18.7. The Labute approximate surface area is 423 Å². The lowest BCUT2D eigenvalue weighted by Gasteiger charge is -2.26. The quantitative estimate of drug-likeness (QED) is 0.115. The fraction of sp³-hybridized carbons (Fsp3) is 0.118. The molecule has 0 saturated heterocycles. The van der Waals surface area contributed by atoms with Crippen LogP contribution >= 0.6 is 0 Å². The van der Waals surface area contributed by atoms with Gasteiger partial charge in [-0.05, 0) is 205 Å². The number of aromatic nitrogens is 2. The smallest absolute Gasteiger partial charge is 0.0541 e. The molecule has 2 heterocycles. The third kappa shape index (κ3) is 7.99. The van der Waals surface area contributed by atoms with Crippen LogP contribution in [-0.4, -0.2) is 9.13 Å². The SMILES string of the molecule is CCc1ccc2c(c1)c1cc(CC)ccc1n2-c1ccc(N(c2ccccc2)c2ccc(-c3ccc(N(c4ccccc4)c4ccc(-n5c6ccc(CC)cc6c6cc(CC)ccc65)cc4)cc3)cc2)cc1. The van der Waals surface area contributed by atoms with Crippen LogP contribution < -0.4 is 9.80 Å². The first-order chi connectivity index (χ1) is 35.5. The fourth-order valence-corrected chi connectivity index (χ4v) is 10.8. The molecule has 350 valence electrons. The van der Waals surface area contributed by atoms with Crippen molar-refractivity contribution < 1.29 is 0 Å². The minimum atomic E-state index is 1.02. The van der Waals surface area contributed by atoms with Gasteiger partial charge in [0.2, 0.25) is 0 Å². The Morgan fingerprint density at radius 2 is 0.514 bits per heavy atom. The Bertz CT molecular complexity index is 3480. The highest BCUT2D eigenvalue weighted by molar-refractivity contribution is 6.11. The van der Waals surface area contributed by atoms with Gasteiger partial charge in [-0.3, -0.25) is 0 Å². The van der Waals surface area contributed by atoms with E-state index in [1.165, 1.54) is 65.9 Å². The molecule has 0 atom stereocenters. The molecule has 12 aromatic rings. The Kier molecular flexibility index (Phi) is 11.7. The summed E-state index contributed by atoms with van der Waals surface area (Å²) in [6.07, 6.45) is 4.07. The highest BCUT2D eigenvalue weighted by Gasteiger charge is 2.19. The molecule has 0 fully saturated rings. The van der Waals surface area contributed by atoms with Crippen molar-refractivity contribution in [2.45, 2.75) is 53.4 Å². The molecular formula is C68H58N4. The van der Waals surface area contributed by atoms with Crippen molar-refractivity contribution in [1.29, 1.82) is 0 Å². The van der Waals surface area contributed by atoms with Gasteiger partial charge in [0.1, 0.15) is 0 Å². The summed E-state index contributed by atoms with van der Waals surface area (Å²) in [7, 11) is 0. The molecule has 4 nitrogen and oxygen atoms in total. The Hall–Kier alpha value is -8.60. The van der Waals surface area contributed by atoms with Crippen molar-refractivity contribution >= 4 is 77.7 Å². The average molecular weight is 931 g/mol. The molecule has 0 aliphatic heterocycles. The summed E-state index contributed by atoms with van der Waals surface area (Å²) in [5.74, 6) is 0. The first-order valence-electron chi connectivity index (χ1n) is 25.7. The maximum Gasteiger partial charge on any atom is 0.0541 e. The zero-order chi connectivity index (χ0) is 48.7. The standard InChI is InChI=1S/C68H58N4/c1-5-47-19-39-65-61(43-47)62-44-48(6-2)20-40-66(62)71(65)59-35-31-57(32-36-59)69(53-15-11-9-12-16-53)55-27-23-51(24-28-55)52-25-29-56(30-26-52)70(54-17-13-10-14-18-54)58-33-37-60(38-34-58)72-67-41-21-49(7-3)45-63(67)64-46-50(8-4)22-42-68(64)72/h9-46H,5-8H2,1-4H3. The first-order valence-corrected chi connectivity index (χ1v) is 25.7. The van der Waals surface area contributed by atoms with Crippen LogP contribution in [-0.2, 0) is 25.7 Å². The van der Waals surface area contributed by atoms with Crippen LogP contribution in [0.4, 0.5) is 34.1 Å². The minimum absolute atomic E-state index is 1.02. The van der Waals surface area contributed by atoms with Crippen molar-refractivity contribution in [2.75, 3.05) is 9.80 Å². The van der Waals surface area contributed by atoms with Gasteiger partial charge in [-0.25, -0.2) is 0 Å². The molecule has 0 bridgehead atoms. The van der Waals surface area contributed by atoms with Gasteiger partial charge >= 0.3 is 0 Å².